The zero-order valence-corrected chi connectivity index (χ0v) is 11.5. The summed E-state index contributed by atoms with van der Waals surface area (Å²) in [4.78, 5) is 36.8. The summed E-state index contributed by atoms with van der Waals surface area (Å²) in [7, 11) is 1.27. The van der Waals surface area contributed by atoms with Crippen LogP contribution in [0.5, 0.6) is 0 Å². The second-order valence-electron chi connectivity index (χ2n) is 4.44. The number of furan rings is 1. The average Bonchev–Trinajstić information content (AvgIpc) is 3.01. The number of esters is 1. The van der Waals surface area contributed by atoms with Gasteiger partial charge in [0.15, 0.2) is 5.76 Å². The Morgan fingerprint density at radius 2 is 2.29 bits per heavy atom. The topological polar surface area (TPSA) is 98.1 Å². The summed E-state index contributed by atoms with van der Waals surface area (Å²) in [5, 5.41) is 2.20. The molecule has 1 fully saturated rings. The molecule has 1 unspecified atom stereocenters. The van der Waals surface area contributed by atoms with E-state index in [4.69, 9.17) is 9.15 Å². The van der Waals surface area contributed by atoms with Gasteiger partial charge < -0.3 is 13.9 Å². The monoisotopic (exact) mass is 296 g/mol. The number of carbonyl (C=O) groups excluding carboxylic acids is 3. The van der Waals surface area contributed by atoms with Gasteiger partial charge in [-0.2, -0.15) is 0 Å². The van der Waals surface area contributed by atoms with Crippen LogP contribution in [-0.2, 0) is 19.1 Å². The van der Waals surface area contributed by atoms with Crippen molar-refractivity contribution < 1.29 is 28.3 Å². The zero-order valence-electron chi connectivity index (χ0n) is 11.5. The molecular weight excluding hydrogens is 280 g/mol. The van der Waals surface area contributed by atoms with Gasteiger partial charge in [0.2, 0.25) is 5.91 Å². The minimum Gasteiger partial charge on any atom is -0.468 e. The fraction of sp³-hybridized carbons (Fsp3) is 0.462. The number of carbonyl (C=O) groups is 3. The van der Waals surface area contributed by atoms with E-state index in [0.29, 0.717) is 13.2 Å². The lowest BCUT2D eigenvalue weighted by molar-refractivity contribution is -0.153. The van der Waals surface area contributed by atoms with Gasteiger partial charge in [0.1, 0.15) is 6.04 Å². The van der Waals surface area contributed by atoms with Crippen LogP contribution in [0.3, 0.4) is 0 Å². The van der Waals surface area contributed by atoms with E-state index in [1.54, 1.807) is 11.0 Å². The van der Waals surface area contributed by atoms with Gasteiger partial charge >= 0.3 is 5.97 Å². The molecule has 2 rings (SSSR count). The number of ether oxygens (including phenoxy) is 2. The Labute approximate surface area is 121 Å². The van der Waals surface area contributed by atoms with Gasteiger partial charge in [-0.05, 0) is 12.1 Å². The van der Waals surface area contributed by atoms with E-state index in [9.17, 15) is 14.4 Å². The third-order valence-electron chi connectivity index (χ3n) is 3.06. The molecule has 1 aromatic rings. The second-order valence-corrected chi connectivity index (χ2v) is 4.44. The summed E-state index contributed by atoms with van der Waals surface area (Å²) in [6.07, 6.45) is 1.34. The smallest absolute Gasteiger partial charge is 0.325 e. The number of methoxy groups -OCH3 is 1. The summed E-state index contributed by atoms with van der Waals surface area (Å²) in [5.41, 5.74) is 0. The van der Waals surface area contributed by atoms with Crippen molar-refractivity contribution in [2.24, 2.45) is 0 Å². The van der Waals surface area contributed by atoms with Crippen LogP contribution in [-0.4, -0.2) is 62.1 Å². The third-order valence-corrected chi connectivity index (χ3v) is 3.06. The van der Waals surface area contributed by atoms with Crippen LogP contribution in [0.4, 0.5) is 0 Å². The molecule has 2 amide bonds. The maximum atomic E-state index is 11.9. The van der Waals surface area contributed by atoms with Crippen LogP contribution in [0, 0.1) is 0 Å². The molecule has 0 spiro atoms. The lowest BCUT2D eigenvalue weighted by Gasteiger charge is -2.32. The van der Waals surface area contributed by atoms with Gasteiger partial charge in [-0.3, -0.25) is 24.6 Å². The first-order valence-electron chi connectivity index (χ1n) is 6.39. The quantitative estimate of drug-likeness (QED) is 0.741. The molecule has 1 atom stereocenters. The molecule has 8 heteroatoms. The summed E-state index contributed by atoms with van der Waals surface area (Å²) >= 11 is 0. The molecule has 1 N–H and O–H groups in total. The van der Waals surface area contributed by atoms with Gasteiger partial charge in [0, 0.05) is 6.54 Å². The Kier molecular flexibility index (Phi) is 5.07. The SMILES string of the molecule is COC(=O)C1COCCN1CC(=O)NC(=O)c1ccco1. The summed E-state index contributed by atoms with van der Waals surface area (Å²) < 4.78 is 14.8. The van der Waals surface area contributed by atoms with Crippen molar-refractivity contribution in [1.29, 1.82) is 0 Å². The number of morpholine rings is 1. The molecule has 1 saturated heterocycles. The number of hydrogen-bond donors (Lipinski definition) is 1. The van der Waals surface area contributed by atoms with Gasteiger partial charge in [0.25, 0.3) is 5.91 Å². The molecule has 1 aliphatic rings. The molecular formula is C13H16N2O6. The first kappa shape index (κ1) is 15.2. The maximum absolute atomic E-state index is 11.9. The Hall–Kier alpha value is -2.19. The molecule has 0 saturated carbocycles. The van der Waals surface area contributed by atoms with Crippen LogP contribution < -0.4 is 5.32 Å². The normalized spacial score (nSPS) is 19.0. The fourth-order valence-electron chi connectivity index (χ4n) is 2.00. The number of amides is 2. The van der Waals surface area contributed by atoms with E-state index in [2.05, 4.69) is 10.1 Å². The lowest BCUT2D eigenvalue weighted by atomic mass is 10.2. The van der Waals surface area contributed by atoms with E-state index in [1.165, 1.54) is 19.4 Å². The van der Waals surface area contributed by atoms with Gasteiger partial charge in [-0.15, -0.1) is 0 Å². The predicted octanol–water partition coefficient (Wildman–Crippen LogP) is -0.590. The number of nitrogens with one attached hydrogen (secondary N) is 1. The highest BCUT2D eigenvalue weighted by atomic mass is 16.5. The Morgan fingerprint density at radius 1 is 1.48 bits per heavy atom. The third kappa shape index (κ3) is 3.89. The maximum Gasteiger partial charge on any atom is 0.325 e. The van der Waals surface area contributed by atoms with E-state index in [-0.39, 0.29) is 18.9 Å². The zero-order chi connectivity index (χ0) is 15.2. The molecule has 8 nitrogen and oxygen atoms in total. The van der Waals surface area contributed by atoms with Crippen molar-refractivity contribution in [2.45, 2.75) is 6.04 Å². The molecule has 1 aliphatic heterocycles. The minimum atomic E-state index is -0.645. The van der Waals surface area contributed by atoms with Crippen molar-refractivity contribution in [3.63, 3.8) is 0 Å². The van der Waals surface area contributed by atoms with Crippen LogP contribution in [0.1, 0.15) is 10.6 Å². The molecule has 114 valence electrons. The standard InChI is InChI=1S/C13H16N2O6/c1-19-13(18)9-8-20-6-4-15(9)7-11(16)14-12(17)10-3-2-5-21-10/h2-3,5,9H,4,6-8H2,1H3,(H,14,16,17). The number of imide groups is 1. The predicted molar refractivity (Wildman–Crippen MR) is 69.4 cm³/mol. The summed E-state index contributed by atoms with van der Waals surface area (Å²) in [6, 6.07) is 2.36. The lowest BCUT2D eigenvalue weighted by Crippen LogP contribution is -2.53. The average molecular weight is 296 g/mol. The molecule has 0 bridgehead atoms. The van der Waals surface area contributed by atoms with Crippen LogP contribution in [0.25, 0.3) is 0 Å². The highest BCUT2D eigenvalue weighted by molar-refractivity contribution is 6.03. The first-order valence-corrected chi connectivity index (χ1v) is 6.39. The number of nitrogens with zero attached hydrogens (tertiary/aromatic N) is 1. The van der Waals surface area contributed by atoms with E-state index >= 15 is 0 Å². The van der Waals surface area contributed by atoms with Gasteiger partial charge in [0.05, 0.1) is 33.1 Å². The summed E-state index contributed by atoms with van der Waals surface area (Å²) in [6.45, 7) is 0.872. The fourth-order valence-corrected chi connectivity index (χ4v) is 2.00. The highest BCUT2D eigenvalue weighted by Crippen LogP contribution is 2.08. The van der Waals surface area contributed by atoms with Crippen LogP contribution >= 0.6 is 0 Å². The van der Waals surface area contributed by atoms with Crippen molar-refractivity contribution in [3.05, 3.63) is 24.2 Å². The molecule has 0 radical (unpaired) electrons. The Morgan fingerprint density at radius 3 is 2.95 bits per heavy atom. The van der Waals surface area contributed by atoms with E-state index in [0.717, 1.165) is 0 Å². The van der Waals surface area contributed by atoms with Gasteiger partial charge in [-0.1, -0.05) is 0 Å². The Bertz CT molecular complexity index is 513. The van der Waals surface area contributed by atoms with E-state index < -0.39 is 23.8 Å². The first-order chi connectivity index (χ1) is 10.1. The molecule has 0 aromatic carbocycles. The van der Waals surface area contributed by atoms with Crippen LogP contribution in [0.15, 0.2) is 22.8 Å². The molecule has 2 heterocycles. The van der Waals surface area contributed by atoms with Crippen molar-refractivity contribution in [1.82, 2.24) is 10.2 Å². The van der Waals surface area contributed by atoms with Gasteiger partial charge in [-0.25, -0.2) is 0 Å². The van der Waals surface area contributed by atoms with Crippen molar-refractivity contribution >= 4 is 17.8 Å². The highest BCUT2D eigenvalue weighted by Gasteiger charge is 2.31. The van der Waals surface area contributed by atoms with Crippen LogP contribution in [0.2, 0.25) is 0 Å². The van der Waals surface area contributed by atoms with E-state index in [1.807, 2.05) is 0 Å². The number of hydrogen-bond acceptors (Lipinski definition) is 7. The number of rotatable bonds is 4. The summed E-state index contributed by atoms with van der Waals surface area (Å²) in [5.74, 6) is -1.56. The minimum absolute atomic E-state index is 0.0508. The van der Waals surface area contributed by atoms with Crippen molar-refractivity contribution in [2.75, 3.05) is 33.4 Å². The Balaban J connectivity index is 1.91. The second kappa shape index (κ2) is 7.00. The molecule has 0 aliphatic carbocycles. The molecule has 1 aromatic heterocycles. The molecule has 21 heavy (non-hydrogen) atoms. The largest absolute Gasteiger partial charge is 0.468 e. The van der Waals surface area contributed by atoms with Crippen molar-refractivity contribution in [3.8, 4) is 0 Å².